The molecular formula is C20H32O2. The van der Waals surface area contributed by atoms with Crippen molar-refractivity contribution in [1.29, 1.82) is 0 Å². The van der Waals surface area contributed by atoms with Gasteiger partial charge in [-0.1, -0.05) is 75.8 Å². The van der Waals surface area contributed by atoms with E-state index in [1.54, 1.807) is 0 Å². The number of hydrogen-bond acceptors (Lipinski definition) is 2. The monoisotopic (exact) mass is 304 g/mol. The van der Waals surface area contributed by atoms with E-state index in [4.69, 9.17) is 4.74 Å². The Morgan fingerprint density at radius 1 is 0.864 bits per heavy atom. The molecule has 0 aromatic heterocycles. The summed E-state index contributed by atoms with van der Waals surface area (Å²) in [7, 11) is 0. The molecule has 0 aliphatic carbocycles. The van der Waals surface area contributed by atoms with Gasteiger partial charge >= 0.3 is 5.97 Å². The van der Waals surface area contributed by atoms with Gasteiger partial charge in [0.2, 0.25) is 0 Å². The highest BCUT2D eigenvalue weighted by atomic mass is 16.5. The van der Waals surface area contributed by atoms with Gasteiger partial charge in [-0.3, -0.25) is 4.79 Å². The van der Waals surface area contributed by atoms with E-state index in [0.717, 1.165) is 19.3 Å². The first-order chi connectivity index (χ1) is 10.8. The van der Waals surface area contributed by atoms with Gasteiger partial charge in [0.15, 0.2) is 0 Å². The van der Waals surface area contributed by atoms with Crippen LogP contribution in [0, 0.1) is 0 Å². The van der Waals surface area contributed by atoms with E-state index in [1.807, 2.05) is 0 Å². The Balaban J connectivity index is 1.85. The molecular weight excluding hydrogens is 272 g/mol. The number of rotatable bonds is 13. The molecule has 0 spiro atoms. The maximum atomic E-state index is 11.5. The maximum absolute atomic E-state index is 11.5. The SMILES string of the molecule is CCCCCCOC(=O)CCCCCCCc1ccccc1. The van der Waals surface area contributed by atoms with E-state index in [1.165, 1.54) is 50.5 Å². The topological polar surface area (TPSA) is 26.3 Å². The van der Waals surface area contributed by atoms with E-state index >= 15 is 0 Å². The van der Waals surface area contributed by atoms with Crippen molar-refractivity contribution in [2.24, 2.45) is 0 Å². The Morgan fingerprint density at radius 3 is 2.32 bits per heavy atom. The summed E-state index contributed by atoms with van der Waals surface area (Å²) in [5.74, 6) is -0.0132. The molecule has 0 aliphatic rings. The summed E-state index contributed by atoms with van der Waals surface area (Å²) in [5.41, 5.74) is 1.43. The molecule has 0 fully saturated rings. The van der Waals surface area contributed by atoms with Gasteiger partial charge in [-0.25, -0.2) is 0 Å². The van der Waals surface area contributed by atoms with Crippen LogP contribution in [-0.2, 0) is 16.0 Å². The summed E-state index contributed by atoms with van der Waals surface area (Å²) in [6, 6.07) is 10.6. The summed E-state index contributed by atoms with van der Waals surface area (Å²) >= 11 is 0. The molecule has 1 aromatic carbocycles. The van der Waals surface area contributed by atoms with Gasteiger partial charge in [0.1, 0.15) is 0 Å². The van der Waals surface area contributed by atoms with Crippen molar-refractivity contribution in [3.63, 3.8) is 0 Å². The molecule has 124 valence electrons. The van der Waals surface area contributed by atoms with Crippen LogP contribution in [0.1, 0.15) is 76.7 Å². The zero-order valence-electron chi connectivity index (χ0n) is 14.2. The van der Waals surface area contributed by atoms with Crippen LogP contribution in [0.3, 0.4) is 0 Å². The fourth-order valence-electron chi connectivity index (χ4n) is 2.56. The fourth-order valence-corrected chi connectivity index (χ4v) is 2.56. The van der Waals surface area contributed by atoms with Crippen LogP contribution in [0.5, 0.6) is 0 Å². The largest absolute Gasteiger partial charge is 0.466 e. The number of carbonyl (C=O) groups is 1. The molecule has 0 saturated carbocycles. The van der Waals surface area contributed by atoms with E-state index in [-0.39, 0.29) is 5.97 Å². The number of esters is 1. The Bertz CT molecular complexity index is 373. The number of ether oxygens (including phenoxy) is 1. The Kier molecular flexibility index (Phi) is 11.4. The zero-order valence-corrected chi connectivity index (χ0v) is 14.2. The minimum Gasteiger partial charge on any atom is -0.466 e. The molecule has 2 heteroatoms. The van der Waals surface area contributed by atoms with Crippen molar-refractivity contribution >= 4 is 5.97 Å². The van der Waals surface area contributed by atoms with E-state index in [9.17, 15) is 4.79 Å². The van der Waals surface area contributed by atoms with Gasteiger partial charge < -0.3 is 4.74 Å². The van der Waals surface area contributed by atoms with Crippen LogP contribution in [0.15, 0.2) is 30.3 Å². The third-order valence-corrected chi connectivity index (χ3v) is 3.95. The van der Waals surface area contributed by atoms with Crippen molar-refractivity contribution in [3.05, 3.63) is 35.9 Å². The Morgan fingerprint density at radius 2 is 1.55 bits per heavy atom. The lowest BCUT2D eigenvalue weighted by Crippen LogP contribution is -2.05. The first-order valence-corrected chi connectivity index (χ1v) is 9.02. The molecule has 0 heterocycles. The number of aryl methyl sites for hydroxylation is 1. The molecule has 22 heavy (non-hydrogen) atoms. The quantitative estimate of drug-likeness (QED) is 0.345. The molecule has 0 amide bonds. The molecule has 0 saturated heterocycles. The highest BCUT2D eigenvalue weighted by Gasteiger charge is 2.02. The minimum atomic E-state index is -0.0132. The summed E-state index contributed by atoms with van der Waals surface area (Å²) in [6.45, 7) is 2.79. The first kappa shape index (κ1) is 18.7. The molecule has 0 N–H and O–H groups in total. The van der Waals surface area contributed by atoms with Crippen LogP contribution in [0.4, 0.5) is 0 Å². The summed E-state index contributed by atoms with van der Waals surface area (Å²) in [6.07, 6.45) is 12.2. The van der Waals surface area contributed by atoms with Crippen LogP contribution >= 0.6 is 0 Å². The lowest BCUT2D eigenvalue weighted by atomic mass is 10.1. The molecule has 0 atom stereocenters. The van der Waals surface area contributed by atoms with Gasteiger partial charge in [0.25, 0.3) is 0 Å². The maximum Gasteiger partial charge on any atom is 0.305 e. The van der Waals surface area contributed by atoms with E-state index in [0.29, 0.717) is 13.0 Å². The zero-order chi connectivity index (χ0) is 15.9. The Labute approximate surface area is 136 Å². The summed E-state index contributed by atoms with van der Waals surface area (Å²) in [4.78, 5) is 11.5. The molecule has 2 nitrogen and oxygen atoms in total. The molecule has 0 bridgehead atoms. The van der Waals surface area contributed by atoms with Crippen molar-refractivity contribution in [2.75, 3.05) is 6.61 Å². The Hall–Kier alpha value is -1.31. The van der Waals surface area contributed by atoms with Crippen molar-refractivity contribution in [2.45, 2.75) is 77.6 Å². The van der Waals surface area contributed by atoms with Crippen LogP contribution < -0.4 is 0 Å². The van der Waals surface area contributed by atoms with Crippen molar-refractivity contribution < 1.29 is 9.53 Å². The first-order valence-electron chi connectivity index (χ1n) is 9.02. The predicted octanol–water partition coefficient (Wildman–Crippen LogP) is 5.69. The highest BCUT2D eigenvalue weighted by molar-refractivity contribution is 5.69. The molecule has 0 aliphatic heterocycles. The molecule has 1 aromatic rings. The van der Waals surface area contributed by atoms with Gasteiger partial charge in [-0.2, -0.15) is 0 Å². The summed E-state index contributed by atoms with van der Waals surface area (Å²) < 4.78 is 5.24. The van der Waals surface area contributed by atoms with Gasteiger partial charge in [-0.05, 0) is 31.2 Å². The van der Waals surface area contributed by atoms with E-state index in [2.05, 4.69) is 37.3 Å². The lowest BCUT2D eigenvalue weighted by molar-refractivity contribution is -0.143. The lowest BCUT2D eigenvalue weighted by Gasteiger charge is -2.05. The third kappa shape index (κ3) is 10.4. The van der Waals surface area contributed by atoms with Gasteiger partial charge in [-0.15, -0.1) is 0 Å². The van der Waals surface area contributed by atoms with Crippen molar-refractivity contribution in [3.8, 4) is 0 Å². The van der Waals surface area contributed by atoms with Gasteiger partial charge in [0, 0.05) is 6.42 Å². The second-order valence-electron chi connectivity index (χ2n) is 6.03. The molecule has 0 radical (unpaired) electrons. The fraction of sp³-hybridized carbons (Fsp3) is 0.650. The summed E-state index contributed by atoms with van der Waals surface area (Å²) in [5, 5.41) is 0. The van der Waals surface area contributed by atoms with Crippen LogP contribution in [0.2, 0.25) is 0 Å². The predicted molar refractivity (Wildman–Crippen MR) is 92.9 cm³/mol. The van der Waals surface area contributed by atoms with E-state index < -0.39 is 0 Å². The highest BCUT2D eigenvalue weighted by Crippen LogP contribution is 2.10. The number of hydrogen-bond donors (Lipinski definition) is 0. The number of benzene rings is 1. The van der Waals surface area contributed by atoms with Crippen molar-refractivity contribution in [1.82, 2.24) is 0 Å². The molecule has 0 unspecified atom stereocenters. The van der Waals surface area contributed by atoms with Crippen LogP contribution in [0.25, 0.3) is 0 Å². The number of carbonyl (C=O) groups excluding carboxylic acids is 1. The minimum absolute atomic E-state index is 0.0132. The second kappa shape index (κ2) is 13.4. The smallest absolute Gasteiger partial charge is 0.305 e. The van der Waals surface area contributed by atoms with Gasteiger partial charge in [0.05, 0.1) is 6.61 Å². The average molecular weight is 304 g/mol. The number of unbranched alkanes of at least 4 members (excludes halogenated alkanes) is 7. The normalized spacial score (nSPS) is 10.6. The molecule has 1 rings (SSSR count). The third-order valence-electron chi connectivity index (χ3n) is 3.95. The standard InChI is InChI=1S/C20H32O2/c1-2-3-4-13-18-22-20(21)17-12-7-5-6-9-14-19-15-10-8-11-16-19/h8,10-11,15-16H,2-7,9,12-14,17-18H2,1H3. The second-order valence-corrected chi connectivity index (χ2v) is 6.03. The van der Waals surface area contributed by atoms with Crippen LogP contribution in [-0.4, -0.2) is 12.6 Å². The average Bonchev–Trinajstić information content (AvgIpc) is 2.55.